The van der Waals surface area contributed by atoms with Crippen LogP contribution < -0.4 is 5.32 Å². The third kappa shape index (κ3) is 3.32. The lowest BCUT2D eigenvalue weighted by Crippen LogP contribution is -2.30. The van der Waals surface area contributed by atoms with Gasteiger partial charge < -0.3 is 5.32 Å². The number of nitrogens with one attached hydrogen (secondary N) is 1. The number of hydrogen-bond donors (Lipinski definition) is 1. The third-order valence-corrected chi connectivity index (χ3v) is 4.43. The fraction of sp³-hybridized carbons (Fsp3) is 0.500. The van der Waals surface area contributed by atoms with Gasteiger partial charge in [-0.25, -0.2) is 0 Å². The van der Waals surface area contributed by atoms with Gasteiger partial charge in [-0.05, 0) is 55.9 Å². The molecule has 1 amide bonds. The van der Waals surface area contributed by atoms with Gasteiger partial charge in [0.15, 0.2) is 0 Å². The molecule has 1 saturated carbocycles. The summed E-state index contributed by atoms with van der Waals surface area (Å²) in [6, 6.07) is 5.83. The molecule has 3 heteroatoms. The van der Waals surface area contributed by atoms with Gasteiger partial charge in [-0.3, -0.25) is 4.79 Å². The molecule has 1 fully saturated rings. The Morgan fingerprint density at radius 3 is 2.71 bits per heavy atom. The number of aryl methyl sites for hydroxylation is 2. The van der Waals surface area contributed by atoms with Crippen molar-refractivity contribution in [2.24, 2.45) is 5.92 Å². The summed E-state index contributed by atoms with van der Waals surface area (Å²) >= 11 is 3.62. The summed E-state index contributed by atoms with van der Waals surface area (Å²) in [5, 5.41) is 2.98. The molecule has 2 rings (SSSR count). The van der Waals surface area contributed by atoms with Crippen molar-refractivity contribution in [2.45, 2.75) is 31.5 Å². The molecule has 1 aliphatic rings. The number of carbonyl (C=O) groups excluding carboxylic acids is 1. The van der Waals surface area contributed by atoms with Crippen LogP contribution >= 0.6 is 15.9 Å². The highest BCUT2D eigenvalue weighted by Gasteiger charge is 2.29. The van der Waals surface area contributed by atoms with Crippen LogP contribution in [0.5, 0.6) is 0 Å². The number of rotatable bonds is 4. The smallest absolute Gasteiger partial charge is 0.251 e. The number of carbonyl (C=O) groups is 1. The SMILES string of the molecule is Cc1ccc(C(=O)NCC(Br)C2CC2)cc1C. The predicted octanol–water partition coefficient (Wildman–Crippen LogP) is 3.21. The molecule has 0 aromatic heterocycles. The van der Waals surface area contributed by atoms with Crippen LogP contribution in [0.1, 0.15) is 34.3 Å². The Morgan fingerprint density at radius 1 is 1.41 bits per heavy atom. The van der Waals surface area contributed by atoms with Crippen LogP contribution in [0.2, 0.25) is 0 Å². The van der Waals surface area contributed by atoms with Crippen LogP contribution in [0.3, 0.4) is 0 Å². The van der Waals surface area contributed by atoms with E-state index in [1.807, 2.05) is 25.1 Å². The standard InChI is InChI=1S/C14H18BrNO/c1-9-3-4-12(7-10(9)2)14(17)16-8-13(15)11-5-6-11/h3-4,7,11,13H,5-6,8H2,1-2H3,(H,16,17). The van der Waals surface area contributed by atoms with Crippen molar-refractivity contribution in [3.8, 4) is 0 Å². The molecule has 92 valence electrons. The average Bonchev–Trinajstić information content (AvgIpc) is 3.13. The molecule has 1 aliphatic carbocycles. The van der Waals surface area contributed by atoms with E-state index in [0.29, 0.717) is 4.83 Å². The van der Waals surface area contributed by atoms with Gasteiger partial charge in [0, 0.05) is 16.9 Å². The second kappa shape index (κ2) is 5.21. The van der Waals surface area contributed by atoms with E-state index in [-0.39, 0.29) is 5.91 Å². The highest BCUT2D eigenvalue weighted by molar-refractivity contribution is 9.09. The minimum Gasteiger partial charge on any atom is -0.351 e. The van der Waals surface area contributed by atoms with Gasteiger partial charge in [0.2, 0.25) is 0 Å². The Morgan fingerprint density at radius 2 is 2.12 bits per heavy atom. The molecular weight excluding hydrogens is 278 g/mol. The average molecular weight is 296 g/mol. The molecule has 1 atom stereocenters. The topological polar surface area (TPSA) is 29.1 Å². The van der Waals surface area contributed by atoms with E-state index in [0.717, 1.165) is 23.6 Å². The Hall–Kier alpha value is -0.830. The number of amides is 1. The maximum absolute atomic E-state index is 11.9. The first-order valence-corrected chi connectivity index (χ1v) is 6.99. The second-order valence-electron chi connectivity index (χ2n) is 4.86. The zero-order chi connectivity index (χ0) is 12.4. The number of hydrogen-bond acceptors (Lipinski definition) is 1. The van der Waals surface area contributed by atoms with Gasteiger partial charge in [-0.15, -0.1) is 0 Å². The lowest BCUT2D eigenvalue weighted by atomic mass is 10.1. The first kappa shape index (κ1) is 12.6. The van der Waals surface area contributed by atoms with Crippen molar-refractivity contribution in [1.29, 1.82) is 0 Å². The summed E-state index contributed by atoms with van der Waals surface area (Å²) in [7, 11) is 0. The van der Waals surface area contributed by atoms with Gasteiger partial charge in [-0.1, -0.05) is 22.0 Å². The molecule has 0 bridgehead atoms. The molecule has 17 heavy (non-hydrogen) atoms. The van der Waals surface area contributed by atoms with Crippen molar-refractivity contribution in [2.75, 3.05) is 6.54 Å². The molecule has 0 heterocycles. The fourth-order valence-corrected chi connectivity index (χ4v) is 2.49. The third-order valence-electron chi connectivity index (χ3n) is 3.36. The van der Waals surface area contributed by atoms with Crippen LogP contribution in [0.4, 0.5) is 0 Å². The van der Waals surface area contributed by atoms with Crippen molar-refractivity contribution in [3.63, 3.8) is 0 Å². The molecule has 1 N–H and O–H groups in total. The van der Waals surface area contributed by atoms with Gasteiger partial charge in [0.05, 0.1) is 0 Å². The first-order valence-electron chi connectivity index (χ1n) is 6.07. The van der Waals surface area contributed by atoms with E-state index in [2.05, 4.69) is 28.2 Å². The van der Waals surface area contributed by atoms with E-state index < -0.39 is 0 Å². The molecular formula is C14H18BrNO. The molecule has 0 aliphatic heterocycles. The minimum atomic E-state index is 0.0261. The second-order valence-corrected chi connectivity index (χ2v) is 6.04. The van der Waals surface area contributed by atoms with Crippen LogP contribution in [-0.2, 0) is 0 Å². The molecule has 1 aromatic rings. The lowest BCUT2D eigenvalue weighted by molar-refractivity contribution is 0.0953. The van der Waals surface area contributed by atoms with Gasteiger partial charge in [0.25, 0.3) is 5.91 Å². The lowest BCUT2D eigenvalue weighted by Gasteiger charge is -2.10. The Bertz CT molecular complexity index is 426. The van der Waals surface area contributed by atoms with Gasteiger partial charge in [-0.2, -0.15) is 0 Å². The first-order chi connectivity index (χ1) is 8.08. The van der Waals surface area contributed by atoms with Crippen LogP contribution in [0.15, 0.2) is 18.2 Å². The van der Waals surface area contributed by atoms with Crippen molar-refractivity contribution in [1.82, 2.24) is 5.32 Å². The largest absolute Gasteiger partial charge is 0.351 e. The van der Waals surface area contributed by atoms with Crippen molar-refractivity contribution in [3.05, 3.63) is 34.9 Å². The molecule has 0 radical (unpaired) electrons. The summed E-state index contributed by atoms with van der Waals surface area (Å²) in [6.07, 6.45) is 2.57. The molecule has 0 saturated heterocycles. The summed E-state index contributed by atoms with van der Waals surface area (Å²) < 4.78 is 0. The molecule has 1 aromatic carbocycles. The zero-order valence-corrected chi connectivity index (χ0v) is 11.9. The molecule has 2 nitrogen and oxygen atoms in total. The van der Waals surface area contributed by atoms with Gasteiger partial charge in [0.1, 0.15) is 0 Å². The van der Waals surface area contributed by atoms with Crippen LogP contribution in [-0.4, -0.2) is 17.3 Å². The Balaban J connectivity index is 1.92. The van der Waals surface area contributed by atoms with Crippen molar-refractivity contribution < 1.29 is 4.79 Å². The summed E-state index contributed by atoms with van der Waals surface area (Å²) in [4.78, 5) is 12.4. The monoisotopic (exact) mass is 295 g/mol. The maximum Gasteiger partial charge on any atom is 0.251 e. The van der Waals surface area contributed by atoms with Crippen LogP contribution in [0, 0.1) is 19.8 Å². The number of alkyl halides is 1. The van der Waals surface area contributed by atoms with E-state index in [4.69, 9.17) is 0 Å². The van der Waals surface area contributed by atoms with E-state index in [1.165, 1.54) is 18.4 Å². The highest BCUT2D eigenvalue weighted by atomic mass is 79.9. The highest BCUT2D eigenvalue weighted by Crippen LogP contribution is 2.36. The molecule has 1 unspecified atom stereocenters. The summed E-state index contributed by atoms with van der Waals surface area (Å²) in [6.45, 7) is 4.80. The number of benzene rings is 1. The maximum atomic E-state index is 11.9. The van der Waals surface area contributed by atoms with E-state index in [1.54, 1.807) is 0 Å². The zero-order valence-electron chi connectivity index (χ0n) is 10.3. The van der Waals surface area contributed by atoms with Crippen molar-refractivity contribution >= 4 is 21.8 Å². The Kier molecular flexibility index (Phi) is 3.87. The molecule has 0 spiro atoms. The predicted molar refractivity (Wildman–Crippen MR) is 73.7 cm³/mol. The summed E-state index contributed by atoms with van der Waals surface area (Å²) in [5.41, 5.74) is 3.14. The van der Waals surface area contributed by atoms with E-state index >= 15 is 0 Å². The van der Waals surface area contributed by atoms with E-state index in [9.17, 15) is 4.79 Å². The number of halogens is 1. The fourth-order valence-electron chi connectivity index (χ4n) is 1.80. The summed E-state index contributed by atoms with van der Waals surface area (Å²) in [5.74, 6) is 0.785. The van der Waals surface area contributed by atoms with Gasteiger partial charge >= 0.3 is 0 Å². The Labute approximate surface area is 111 Å². The quantitative estimate of drug-likeness (QED) is 0.849. The minimum absolute atomic E-state index is 0.0261. The normalized spacial score (nSPS) is 16.6. The van der Waals surface area contributed by atoms with Crippen LogP contribution in [0.25, 0.3) is 0 Å².